The second kappa shape index (κ2) is 7.22. The number of hydrogen-bond acceptors (Lipinski definition) is 4. The molecule has 0 aromatic heterocycles. The van der Waals surface area contributed by atoms with Gasteiger partial charge in [0.05, 0.1) is 11.6 Å². The zero-order valence-corrected chi connectivity index (χ0v) is 17.4. The fourth-order valence-corrected chi connectivity index (χ4v) is 4.29. The van der Waals surface area contributed by atoms with Gasteiger partial charge in [-0.2, -0.15) is 5.26 Å². The molecule has 2 heterocycles. The maximum Gasteiger partial charge on any atom is 0.264 e. The normalized spacial score (nSPS) is 23.8. The first kappa shape index (κ1) is 19.5. The average Bonchev–Trinajstić information content (AvgIpc) is 3.09. The minimum absolute atomic E-state index is 0.00849. The van der Waals surface area contributed by atoms with Crippen molar-refractivity contribution in [1.29, 1.82) is 5.26 Å². The van der Waals surface area contributed by atoms with Gasteiger partial charge in [0, 0.05) is 34.3 Å². The monoisotopic (exact) mass is 406 g/mol. The van der Waals surface area contributed by atoms with E-state index in [4.69, 9.17) is 11.6 Å². The zero-order chi connectivity index (χ0) is 20.8. The predicted molar refractivity (Wildman–Crippen MR) is 113 cm³/mol. The summed E-state index contributed by atoms with van der Waals surface area (Å²) < 4.78 is 0. The lowest BCUT2D eigenvalue weighted by molar-refractivity contribution is -0.131. The Bertz CT molecular complexity index is 1020. The molecule has 4 rings (SSSR count). The van der Waals surface area contributed by atoms with Crippen LogP contribution in [0.5, 0.6) is 0 Å². The molecule has 3 unspecified atom stereocenters. The van der Waals surface area contributed by atoms with Gasteiger partial charge in [-0.05, 0) is 29.2 Å². The van der Waals surface area contributed by atoms with Crippen molar-refractivity contribution in [2.24, 2.45) is 5.41 Å². The predicted octanol–water partition coefficient (Wildman–Crippen LogP) is 4.03. The van der Waals surface area contributed by atoms with E-state index in [2.05, 4.69) is 37.6 Å². The van der Waals surface area contributed by atoms with Gasteiger partial charge in [0.15, 0.2) is 0 Å². The molecule has 2 N–H and O–H groups in total. The van der Waals surface area contributed by atoms with Crippen molar-refractivity contribution in [3.05, 3.63) is 76.3 Å². The van der Waals surface area contributed by atoms with Crippen LogP contribution in [-0.2, 0) is 4.79 Å². The summed E-state index contributed by atoms with van der Waals surface area (Å²) in [7, 11) is 0. The van der Waals surface area contributed by atoms with Gasteiger partial charge in [-0.1, -0.05) is 62.7 Å². The molecule has 5 nitrogen and oxygen atoms in total. The summed E-state index contributed by atoms with van der Waals surface area (Å²) in [4.78, 5) is 13.0. The van der Waals surface area contributed by atoms with E-state index in [1.165, 1.54) is 0 Å². The van der Waals surface area contributed by atoms with Gasteiger partial charge in [-0.3, -0.25) is 9.80 Å². The van der Waals surface area contributed by atoms with E-state index in [0.29, 0.717) is 16.3 Å². The van der Waals surface area contributed by atoms with E-state index in [9.17, 15) is 10.1 Å². The lowest BCUT2D eigenvalue weighted by atomic mass is 9.76. The van der Waals surface area contributed by atoms with Gasteiger partial charge < -0.3 is 5.32 Å². The highest BCUT2D eigenvalue weighted by Crippen LogP contribution is 2.42. The fraction of sp³-hybridized carbons (Fsp3) is 0.304. The summed E-state index contributed by atoms with van der Waals surface area (Å²) in [5.74, 6) is -0.114. The molecule has 6 heteroatoms. The molecule has 0 saturated carbocycles. The van der Waals surface area contributed by atoms with Crippen molar-refractivity contribution in [3.8, 4) is 6.07 Å². The summed E-state index contributed by atoms with van der Waals surface area (Å²) in [6, 6.07) is 17.4. The van der Waals surface area contributed by atoms with Crippen molar-refractivity contribution >= 4 is 23.2 Å². The first-order chi connectivity index (χ1) is 13.8. The van der Waals surface area contributed by atoms with E-state index in [1.54, 1.807) is 17.2 Å². The molecule has 1 saturated heterocycles. The van der Waals surface area contributed by atoms with Gasteiger partial charge in [-0.25, -0.2) is 5.43 Å². The Kier molecular flexibility index (Phi) is 4.85. The molecule has 2 aliphatic heterocycles. The second-order valence-electron chi connectivity index (χ2n) is 8.56. The van der Waals surface area contributed by atoms with E-state index in [-0.39, 0.29) is 29.4 Å². The van der Waals surface area contributed by atoms with Gasteiger partial charge >= 0.3 is 0 Å². The molecule has 1 amide bonds. The summed E-state index contributed by atoms with van der Waals surface area (Å²) in [5, 5.41) is 15.4. The SMILES string of the molecule is CC(C)(C)C1NN2C(=O)C=C(c3ccccc3C#N)NC2C1c1ccc(Cl)cc1. The third kappa shape index (κ3) is 3.50. The van der Waals surface area contributed by atoms with Crippen molar-refractivity contribution in [2.75, 3.05) is 0 Å². The number of rotatable bonds is 2. The van der Waals surface area contributed by atoms with Crippen LogP contribution in [0.3, 0.4) is 0 Å². The van der Waals surface area contributed by atoms with Gasteiger partial charge in [0.1, 0.15) is 6.17 Å². The summed E-state index contributed by atoms with van der Waals surface area (Å²) in [6.07, 6.45) is 1.28. The number of hydrazine groups is 1. The topological polar surface area (TPSA) is 68.2 Å². The molecule has 0 bridgehead atoms. The first-order valence-electron chi connectivity index (χ1n) is 9.62. The van der Waals surface area contributed by atoms with Crippen LogP contribution in [0.15, 0.2) is 54.6 Å². The van der Waals surface area contributed by atoms with Crippen LogP contribution in [0, 0.1) is 16.7 Å². The Labute approximate surface area is 175 Å². The molecule has 29 heavy (non-hydrogen) atoms. The van der Waals surface area contributed by atoms with Crippen LogP contribution in [0.1, 0.15) is 43.4 Å². The highest BCUT2D eigenvalue weighted by atomic mass is 35.5. The number of carbonyl (C=O) groups is 1. The largest absolute Gasteiger partial charge is 0.363 e. The number of benzene rings is 2. The molecule has 0 aliphatic carbocycles. The Morgan fingerprint density at radius 3 is 2.45 bits per heavy atom. The third-order valence-electron chi connectivity index (χ3n) is 5.59. The quantitative estimate of drug-likeness (QED) is 0.790. The molecule has 2 aliphatic rings. The highest BCUT2D eigenvalue weighted by molar-refractivity contribution is 6.30. The Morgan fingerprint density at radius 1 is 1.10 bits per heavy atom. The van der Waals surface area contributed by atoms with E-state index in [0.717, 1.165) is 11.1 Å². The van der Waals surface area contributed by atoms with E-state index >= 15 is 0 Å². The molecule has 2 aromatic carbocycles. The molecular formula is C23H23ClN4O. The van der Waals surface area contributed by atoms with Crippen LogP contribution in [0.25, 0.3) is 5.70 Å². The minimum atomic E-state index is -0.278. The van der Waals surface area contributed by atoms with Gasteiger partial charge in [0.25, 0.3) is 5.91 Å². The van der Waals surface area contributed by atoms with E-state index in [1.807, 2.05) is 42.5 Å². The molecular weight excluding hydrogens is 384 g/mol. The maximum atomic E-state index is 13.0. The number of amides is 1. The van der Waals surface area contributed by atoms with Crippen molar-refractivity contribution in [1.82, 2.24) is 15.8 Å². The number of halogens is 1. The lowest BCUT2D eigenvalue weighted by Gasteiger charge is -2.34. The molecule has 0 radical (unpaired) electrons. The number of hydrogen-bond donors (Lipinski definition) is 2. The maximum absolute atomic E-state index is 13.0. The number of nitriles is 1. The minimum Gasteiger partial charge on any atom is -0.363 e. The smallest absolute Gasteiger partial charge is 0.264 e. The third-order valence-corrected chi connectivity index (χ3v) is 5.84. The molecule has 2 aromatic rings. The number of carbonyl (C=O) groups excluding carboxylic acids is 1. The Hall–Kier alpha value is -2.81. The number of nitrogens with zero attached hydrogens (tertiary/aromatic N) is 2. The van der Waals surface area contributed by atoms with Crippen LogP contribution < -0.4 is 10.7 Å². The van der Waals surface area contributed by atoms with Gasteiger partial charge in [-0.15, -0.1) is 0 Å². The zero-order valence-electron chi connectivity index (χ0n) is 16.6. The standard InChI is InChI=1S/C23H23ClN4O/c1-23(2,3)21-20(14-8-10-16(24)11-9-14)22-26-18(12-19(29)28(22)27-21)17-7-5-4-6-15(17)13-25/h4-12,20-22,26-27H,1-3H3. The van der Waals surface area contributed by atoms with Gasteiger partial charge in [0.2, 0.25) is 0 Å². The van der Waals surface area contributed by atoms with Crippen LogP contribution >= 0.6 is 11.6 Å². The van der Waals surface area contributed by atoms with Crippen LogP contribution in [0.2, 0.25) is 5.02 Å². The van der Waals surface area contributed by atoms with Crippen LogP contribution in [-0.4, -0.2) is 23.1 Å². The van der Waals surface area contributed by atoms with Crippen molar-refractivity contribution in [2.45, 2.75) is 38.9 Å². The van der Waals surface area contributed by atoms with Crippen molar-refractivity contribution in [3.63, 3.8) is 0 Å². The summed E-state index contributed by atoms with van der Waals surface area (Å²) in [6.45, 7) is 6.49. The summed E-state index contributed by atoms with van der Waals surface area (Å²) >= 11 is 6.11. The Balaban J connectivity index is 1.77. The van der Waals surface area contributed by atoms with Crippen molar-refractivity contribution < 1.29 is 4.79 Å². The number of nitrogens with one attached hydrogen (secondary N) is 2. The number of fused-ring (bicyclic) bond motifs is 1. The lowest BCUT2D eigenvalue weighted by Crippen LogP contribution is -2.52. The highest BCUT2D eigenvalue weighted by Gasteiger charge is 2.50. The second-order valence-corrected chi connectivity index (χ2v) is 9.00. The Morgan fingerprint density at radius 2 is 1.79 bits per heavy atom. The summed E-state index contributed by atoms with van der Waals surface area (Å²) in [5.41, 5.74) is 6.38. The molecule has 1 fully saturated rings. The molecule has 3 atom stereocenters. The first-order valence-corrected chi connectivity index (χ1v) is 10.00. The fourth-order valence-electron chi connectivity index (χ4n) is 4.17. The average molecular weight is 407 g/mol. The van der Waals surface area contributed by atoms with Crippen LogP contribution in [0.4, 0.5) is 0 Å². The van der Waals surface area contributed by atoms with E-state index < -0.39 is 0 Å². The molecule has 0 spiro atoms. The molecule has 148 valence electrons.